The third kappa shape index (κ3) is 2.67. The summed E-state index contributed by atoms with van der Waals surface area (Å²) in [6.45, 7) is 3.94. The molecule has 0 atom stereocenters. The number of aromatic nitrogens is 2. The molecule has 0 aliphatic rings. The molecule has 1 aromatic rings. The second kappa shape index (κ2) is 4.08. The Labute approximate surface area is 73.3 Å². The Balaban J connectivity index is 2.58. The van der Waals surface area contributed by atoms with Gasteiger partial charge in [0.15, 0.2) is 0 Å². The standard InChI is InChI=1S/C7H7BrN2O/c1-2-3-11-7-9-4-6(8)5-10-7/h2,4-5H,1,3H2. The molecule has 1 rings (SSSR count). The number of rotatable bonds is 3. The summed E-state index contributed by atoms with van der Waals surface area (Å²) in [5, 5.41) is 0. The molecule has 11 heavy (non-hydrogen) atoms. The van der Waals surface area contributed by atoms with Gasteiger partial charge in [0.05, 0.1) is 4.47 Å². The van der Waals surface area contributed by atoms with Gasteiger partial charge < -0.3 is 4.74 Å². The molecule has 0 bridgehead atoms. The van der Waals surface area contributed by atoms with Crippen LogP contribution in [0.3, 0.4) is 0 Å². The van der Waals surface area contributed by atoms with Crippen molar-refractivity contribution in [3.05, 3.63) is 29.5 Å². The van der Waals surface area contributed by atoms with E-state index in [0.29, 0.717) is 12.6 Å². The topological polar surface area (TPSA) is 35.0 Å². The van der Waals surface area contributed by atoms with Crippen molar-refractivity contribution in [2.45, 2.75) is 0 Å². The first-order chi connectivity index (χ1) is 5.33. The molecule has 0 saturated heterocycles. The zero-order valence-corrected chi connectivity index (χ0v) is 7.41. The van der Waals surface area contributed by atoms with Crippen LogP contribution in [0.5, 0.6) is 6.01 Å². The Morgan fingerprint density at radius 3 is 2.73 bits per heavy atom. The highest BCUT2D eigenvalue weighted by atomic mass is 79.9. The van der Waals surface area contributed by atoms with Crippen LogP contribution in [-0.2, 0) is 0 Å². The summed E-state index contributed by atoms with van der Waals surface area (Å²) < 4.78 is 5.89. The second-order valence-corrected chi connectivity index (χ2v) is 2.70. The Bertz CT molecular complexity index is 235. The zero-order valence-electron chi connectivity index (χ0n) is 5.83. The lowest BCUT2D eigenvalue weighted by Crippen LogP contribution is -1.96. The normalized spacial score (nSPS) is 9.18. The van der Waals surface area contributed by atoms with Crippen LogP contribution in [0, 0.1) is 0 Å². The van der Waals surface area contributed by atoms with E-state index in [0.717, 1.165) is 4.47 Å². The minimum atomic E-state index is 0.369. The van der Waals surface area contributed by atoms with E-state index in [4.69, 9.17) is 4.74 Å². The lowest BCUT2D eigenvalue weighted by molar-refractivity contribution is 0.333. The Kier molecular flexibility index (Phi) is 3.04. The van der Waals surface area contributed by atoms with Gasteiger partial charge in [0.2, 0.25) is 0 Å². The van der Waals surface area contributed by atoms with Crippen molar-refractivity contribution in [2.24, 2.45) is 0 Å². The molecule has 0 aromatic carbocycles. The van der Waals surface area contributed by atoms with E-state index in [1.165, 1.54) is 0 Å². The molecule has 4 heteroatoms. The summed E-state index contributed by atoms with van der Waals surface area (Å²) >= 11 is 3.21. The second-order valence-electron chi connectivity index (χ2n) is 1.78. The van der Waals surface area contributed by atoms with Crippen LogP contribution in [0.25, 0.3) is 0 Å². The average Bonchev–Trinajstić information content (AvgIpc) is 2.04. The van der Waals surface area contributed by atoms with Gasteiger partial charge in [-0.3, -0.25) is 0 Å². The van der Waals surface area contributed by atoms with Crippen LogP contribution in [-0.4, -0.2) is 16.6 Å². The SMILES string of the molecule is C=CCOc1ncc(Br)cn1. The molecule has 0 N–H and O–H groups in total. The summed E-state index contributed by atoms with van der Waals surface area (Å²) in [6.07, 6.45) is 4.91. The molecule has 0 unspecified atom stereocenters. The molecule has 58 valence electrons. The fraction of sp³-hybridized carbons (Fsp3) is 0.143. The minimum Gasteiger partial charge on any atom is -0.459 e. The van der Waals surface area contributed by atoms with Crippen molar-refractivity contribution in [1.82, 2.24) is 9.97 Å². The zero-order chi connectivity index (χ0) is 8.10. The molecule has 1 heterocycles. The first-order valence-corrected chi connectivity index (χ1v) is 3.83. The first-order valence-electron chi connectivity index (χ1n) is 3.04. The lowest BCUT2D eigenvalue weighted by atomic mass is 10.7. The number of ether oxygens (including phenoxy) is 1. The van der Waals surface area contributed by atoms with Crippen molar-refractivity contribution in [1.29, 1.82) is 0 Å². The smallest absolute Gasteiger partial charge is 0.316 e. The maximum atomic E-state index is 5.05. The Morgan fingerprint density at radius 2 is 2.18 bits per heavy atom. The number of hydrogen-bond acceptors (Lipinski definition) is 3. The molecule has 0 saturated carbocycles. The molecule has 0 radical (unpaired) electrons. The van der Waals surface area contributed by atoms with Crippen molar-refractivity contribution >= 4 is 15.9 Å². The van der Waals surface area contributed by atoms with Gasteiger partial charge in [-0.2, -0.15) is 0 Å². The van der Waals surface area contributed by atoms with E-state index >= 15 is 0 Å². The predicted molar refractivity (Wildman–Crippen MR) is 45.4 cm³/mol. The summed E-state index contributed by atoms with van der Waals surface area (Å²) in [7, 11) is 0. The molecule has 1 aromatic heterocycles. The van der Waals surface area contributed by atoms with E-state index in [9.17, 15) is 0 Å². The summed E-state index contributed by atoms with van der Waals surface area (Å²) in [4.78, 5) is 7.78. The van der Waals surface area contributed by atoms with Crippen LogP contribution in [0.15, 0.2) is 29.5 Å². The maximum absolute atomic E-state index is 5.05. The fourth-order valence-corrected chi connectivity index (χ4v) is 0.713. The van der Waals surface area contributed by atoms with Crippen LogP contribution >= 0.6 is 15.9 Å². The van der Waals surface area contributed by atoms with Gasteiger partial charge in [-0.1, -0.05) is 12.7 Å². The molecular formula is C7H7BrN2O. The molecule has 0 spiro atoms. The lowest BCUT2D eigenvalue weighted by Gasteiger charge is -1.98. The first kappa shape index (κ1) is 8.20. The van der Waals surface area contributed by atoms with Crippen LogP contribution in [0.4, 0.5) is 0 Å². The molecule has 0 amide bonds. The van der Waals surface area contributed by atoms with Crippen molar-refractivity contribution < 1.29 is 4.74 Å². The maximum Gasteiger partial charge on any atom is 0.316 e. The average molecular weight is 215 g/mol. The molecular weight excluding hydrogens is 208 g/mol. The quantitative estimate of drug-likeness (QED) is 0.721. The van der Waals surface area contributed by atoms with E-state index in [2.05, 4.69) is 32.5 Å². The molecule has 0 aliphatic heterocycles. The van der Waals surface area contributed by atoms with Gasteiger partial charge >= 0.3 is 6.01 Å². The Morgan fingerprint density at radius 1 is 1.55 bits per heavy atom. The summed E-state index contributed by atoms with van der Waals surface area (Å²) in [5.74, 6) is 0. The third-order valence-corrected chi connectivity index (χ3v) is 1.34. The largest absolute Gasteiger partial charge is 0.459 e. The Hall–Kier alpha value is -0.900. The number of hydrogen-bond donors (Lipinski definition) is 0. The number of halogens is 1. The number of nitrogens with zero attached hydrogens (tertiary/aromatic N) is 2. The highest BCUT2D eigenvalue weighted by molar-refractivity contribution is 9.10. The summed E-state index contributed by atoms with van der Waals surface area (Å²) in [6, 6.07) is 0.369. The van der Waals surface area contributed by atoms with E-state index in [1.807, 2.05) is 0 Å². The van der Waals surface area contributed by atoms with Crippen molar-refractivity contribution in [2.75, 3.05) is 6.61 Å². The third-order valence-electron chi connectivity index (χ3n) is 0.927. The van der Waals surface area contributed by atoms with E-state index in [-0.39, 0.29) is 0 Å². The van der Waals surface area contributed by atoms with Crippen molar-refractivity contribution in [3.63, 3.8) is 0 Å². The van der Waals surface area contributed by atoms with E-state index < -0.39 is 0 Å². The molecule has 0 fully saturated rings. The van der Waals surface area contributed by atoms with E-state index in [1.54, 1.807) is 18.5 Å². The predicted octanol–water partition coefficient (Wildman–Crippen LogP) is 1.80. The van der Waals surface area contributed by atoms with Gasteiger partial charge in [0.1, 0.15) is 6.61 Å². The van der Waals surface area contributed by atoms with Gasteiger partial charge in [-0.15, -0.1) is 0 Å². The minimum absolute atomic E-state index is 0.369. The van der Waals surface area contributed by atoms with Gasteiger partial charge in [0.25, 0.3) is 0 Å². The van der Waals surface area contributed by atoms with Crippen molar-refractivity contribution in [3.8, 4) is 6.01 Å². The highest BCUT2D eigenvalue weighted by Crippen LogP contribution is 2.07. The molecule has 0 aliphatic carbocycles. The van der Waals surface area contributed by atoms with Crippen LogP contribution in [0.2, 0.25) is 0 Å². The highest BCUT2D eigenvalue weighted by Gasteiger charge is 1.93. The van der Waals surface area contributed by atoms with Gasteiger partial charge in [-0.05, 0) is 15.9 Å². The monoisotopic (exact) mass is 214 g/mol. The van der Waals surface area contributed by atoms with Crippen LogP contribution in [0.1, 0.15) is 0 Å². The van der Waals surface area contributed by atoms with Crippen LogP contribution < -0.4 is 4.74 Å². The fourth-order valence-electron chi connectivity index (χ4n) is 0.508. The summed E-state index contributed by atoms with van der Waals surface area (Å²) in [5.41, 5.74) is 0. The van der Waals surface area contributed by atoms with Gasteiger partial charge in [0, 0.05) is 12.4 Å². The van der Waals surface area contributed by atoms with Gasteiger partial charge in [-0.25, -0.2) is 9.97 Å². The molecule has 3 nitrogen and oxygen atoms in total.